The van der Waals surface area contributed by atoms with Crippen LogP contribution in [-0.4, -0.2) is 33.4 Å². The molecule has 108 valence electrons. The smallest absolute Gasteiger partial charge is 0.358 e. The Morgan fingerprint density at radius 3 is 3.10 bits per heavy atom. The van der Waals surface area contributed by atoms with Crippen LogP contribution in [0.25, 0.3) is 4.96 Å². The molecular formula is C12H17N5O2S. The summed E-state index contributed by atoms with van der Waals surface area (Å²) >= 11 is 1.41. The van der Waals surface area contributed by atoms with E-state index in [1.165, 1.54) is 11.3 Å². The zero-order valence-electron chi connectivity index (χ0n) is 11.2. The first-order valence-electron chi connectivity index (χ1n) is 6.68. The van der Waals surface area contributed by atoms with Crippen molar-refractivity contribution in [3.8, 4) is 0 Å². The van der Waals surface area contributed by atoms with Crippen LogP contribution >= 0.6 is 11.3 Å². The minimum atomic E-state index is -0.346. The molecule has 3 heterocycles. The highest BCUT2D eigenvalue weighted by atomic mass is 32.1. The maximum atomic E-state index is 11.4. The Morgan fingerprint density at radius 2 is 2.40 bits per heavy atom. The number of nitrogens with two attached hydrogens (primary N) is 1. The Kier molecular flexibility index (Phi) is 3.35. The summed E-state index contributed by atoms with van der Waals surface area (Å²) in [5.41, 5.74) is 5.76. The lowest BCUT2D eigenvalue weighted by molar-refractivity contribution is -0.389. The van der Waals surface area contributed by atoms with Crippen molar-refractivity contribution in [1.29, 1.82) is 0 Å². The fourth-order valence-electron chi connectivity index (χ4n) is 2.79. The van der Waals surface area contributed by atoms with Crippen molar-refractivity contribution in [3.63, 3.8) is 0 Å². The fraction of sp³-hybridized carbons (Fsp3) is 0.583. The lowest BCUT2D eigenvalue weighted by Crippen LogP contribution is -2.44. The van der Waals surface area contributed by atoms with Crippen LogP contribution < -0.4 is 10.6 Å². The van der Waals surface area contributed by atoms with Crippen LogP contribution in [0.4, 0.5) is 11.6 Å². The van der Waals surface area contributed by atoms with Crippen molar-refractivity contribution >= 4 is 27.9 Å². The zero-order chi connectivity index (χ0) is 14.3. The van der Waals surface area contributed by atoms with E-state index in [4.69, 9.17) is 5.73 Å². The number of hydrogen-bond acceptors (Lipinski definition) is 6. The van der Waals surface area contributed by atoms with Gasteiger partial charge < -0.3 is 20.7 Å². The summed E-state index contributed by atoms with van der Waals surface area (Å²) in [6, 6.07) is 0.251. The normalized spacial score (nSPS) is 23.4. The third kappa shape index (κ3) is 2.04. The van der Waals surface area contributed by atoms with Crippen LogP contribution in [0, 0.1) is 16.0 Å². The third-order valence-electron chi connectivity index (χ3n) is 3.98. The second-order valence-corrected chi connectivity index (χ2v) is 6.13. The van der Waals surface area contributed by atoms with E-state index < -0.39 is 0 Å². The average molecular weight is 295 g/mol. The summed E-state index contributed by atoms with van der Waals surface area (Å²) in [5.74, 6) is 0.920. The molecule has 0 radical (unpaired) electrons. The minimum Gasteiger partial charge on any atom is -0.358 e. The van der Waals surface area contributed by atoms with E-state index >= 15 is 0 Å². The second-order valence-electron chi connectivity index (χ2n) is 5.25. The molecule has 0 aromatic carbocycles. The van der Waals surface area contributed by atoms with E-state index in [9.17, 15) is 10.1 Å². The number of hydrogen-bond donors (Lipinski definition) is 1. The van der Waals surface area contributed by atoms with Gasteiger partial charge in [-0.15, -0.1) is 0 Å². The number of piperidine rings is 1. The van der Waals surface area contributed by atoms with Crippen molar-refractivity contribution < 1.29 is 4.92 Å². The minimum absolute atomic E-state index is 0.0609. The maximum Gasteiger partial charge on any atom is 0.373 e. The molecule has 0 spiro atoms. The van der Waals surface area contributed by atoms with E-state index in [2.05, 4.69) is 11.9 Å². The average Bonchev–Trinajstić information content (AvgIpc) is 2.98. The largest absolute Gasteiger partial charge is 0.373 e. The fourth-order valence-corrected chi connectivity index (χ4v) is 3.50. The van der Waals surface area contributed by atoms with Gasteiger partial charge >= 0.3 is 5.82 Å². The lowest BCUT2D eigenvalue weighted by atomic mass is 9.93. The predicted octanol–water partition coefficient (Wildman–Crippen LogP) is 1.87. The van der Waals surface area contributed by atoms with Crippen molar-refractivity contribution in [2.45, 2.75) is 25.8 Å². The summed E-state index contributed by atoms with van der Waals surface area (Å²) in [6.45, 7) is 3.44. The van der Waals surface area contributed by atoms with Gasteiger partial charge in [0.15, 0.2) is 0 Å². The highest BCUT2D eigenvalue weighted by Gasteiger charge is 2.33. The van der Waals surface area contributed by atoms with Gasteiger partial charge in [0.2, 0.25) is 5.82 Å². The molecule has 0 saturated carbocycles. The standard InChI is InChI=1S/C12H17N5O2S/c1-8-2-3-9(6-13)7-16(8)10-11(17(18)19)15-4-5-20-12(15)14-10/h4-5,8-9H,2-3,6-7,13H2,1H3. The van der Waals surface area contributed by atoms with Gasteiger partial charge in [-0.2, -0.15) is 9.38 Å². The zero-order valence-corrected chi connectivity index (χ0v) is 12.0. The van der Waals surface area contributed by atoms with Gasteiger partial charge in [-0.05, 0) is 37.2 Å². The van der Waals surface area contributed by atoms with Gasteiger partial charge in [0, 0.05) is 18.0 Å². The van der Waals surface area contributed by atoms with Gasteiger partial charge in [0.25, 0.3) is 4.96 Å². The molecule has 2 aromatic rings. The van der Waals surface area contributed by atoms with Crippen molar-refractivity contribution in [1.82, 2.24) is 9.38 Å². The van der Waals surface area contributed by atoms with Crippen LogP contribution in [0.15, 0.2) is 11.6 Å². The molecule has 1 saturated heterocycles. The molecule has 2 atom stereocenters. The predicted molar refractivity (Wildman–Crippen MR) is 78.3 cm³/mol. The second kappa shape index (κ2) is 5.02. The molecule has 3 rings (SSSR count). The highest BCUT2D eigenvalue weighted by Crippen LogP contribution is 2.35. The van der Waals surface area contributed by atoms with Gasteiger partial charge in [0.05, 0.1) is 0 Å². The molecule has 1 aliphatic heterocycles. The van der Waals surface area contributed by atoms with Crippen LogP contribution in [0.5, 0.6) is 0 Å². The van der Waals surface area contributed by atoms with Crippen LogP contribution in [0.1, 0.15) is 19.8 Å². The number of anilines is 1. The Bertz CT molecular complexity index is 637. The molecule has 0 bridgehead atoms. The van der Waals surface area contributed by atoms with E-state index in [0.29, 0.717) is 23.2 Å². The summed E-state index contributed by atoms with van der Waals surface area (Å²) in [7, 11) is 0. The van der Waals surface area contributed by atoms with Crippen molar-refractivity contribution in [2.75, 3.05) is 18.0 Å². The summed E-state index contributed by atoms with van der Waals surface area (Å²) in [6.07, 6.45) is 3.76. The number of imidazole rings is 1. The Hall–Kier alpha value is -1.67. The molecule has 2 aromatic heterocycles. The maximum absolute atomic E-state index is 11.4. The molecule has 20 heavy (non-hydrogen) atoms. The first-order valence-corrected chi connectivity index (χ1v) is 7.56. The monoisotopic (exact) mass is 295 g/mol. The van der Waals surface area contributed by atoms with Gasteiger partial charge in [-0.3, -0.25) is 0 Å². The Balaban J connectivity index is 2.05. The van der Waals surface area contributed by atoms with E-state index in [-0.39, 0.29) is 16.8 Å². The number of nitrogens with zero attached hydrogens (tertiary/aromatic N) is 4. The topological polar surface area (TPSA) is 89.7 Å². The molecule has 1 aliphatic rings. The van der Waals surface area contributed by atoms with Crippen molar-refractivity contribution in [2.24, 2.45) is 11.7 Å². The molecular weight excluding hydrogens is 278 g/mol. The summed E-state index contributed by atoms with van der Waals surface area (Å²) in [4.78, 5) is 18.2. The molecule has 7 nitrogen and oxygen atoms in total. The quantitative estimate of drug-likeness (QED) is 0.689. The molecule has 0 amide bonds. The lowest BCUT2D eigenvalue weighted by Gasteiger charge is -2.37. The Morgan fingerprint density at radius 1 is 1.60 bits per heavy atom. The van der Waals surface area contributed by atoms with Crippen LogP contribution in [0.3, 0.4) is 0 Å². The third-order valence-corrected chi connectivity index (χ3v) is 4.73. The number of nitro groups is 1. The highest BCUT2D eigenvalue weighted by molar-refractivity contribution is 7.15. The molecule has 1 fully saturated rings. The molecule has 8 heteroatoms. The summed E-state index contributed by atoms with van der Waals surface area (Å²) in [5, 5.41) is 13.2. The van der Waals surface area contributed by atoms with Crippen LogP contribution in [0.2, 0.25) is 0 Å². The van der Waals surface area contributed by atoms with E-state index in [0.717, 1.165) is 19.4 Å². The van der Waals surface area contributed by atoms with Crippen molar-refractivity contribution in [3.05, 3.63) is 21.7 Å². The van der Waals surface area contributed by atoms with Gasteiger partial charge in [-0.1, -0.05) is 11.3 Å². The molecule has 0 aliphatic carbocycles. The molecule has 2 unspecified atom stereocenters. The van der Waals surface area contributed by atoms with Crippen LogP contribution in [-0.2, 0) is 0 Å². The first kappa shape index (κ1) is 13.3. The summed E-state index contributed by atoms with van der Waals surface area (Å²) < 4.78 is 1.55. The number of rotatable bonds is 3. The molecule has 2 N–H and O–H groups in total. The SMILES string of the molecule is CC1CCC(CN)CN1c1nc2sccn2c1[N+](=O)[O-]. The van der Waals surface area contributed by atoms with E-state index in [1.54, 1.807) is 16.0 Å². The Labute approximate surface area is 120 Å². The number of aromatic nitrogens is 2. The number of thiazole rings is 1. The number of fused-ring (bicyclic) bond motifs is 1. The van der Waals surface area contributed by atoms with Gasteiger partial charge in [-0.25, -0.2) is 0 Å². The van der Waals surface area contributed by atoms with Gasteiger partial charge in [0.1, 0.15) is 6.20 Å². The van der Waals surface area contributed by atoms with E-state index in [1.807, 2.05) is 4.90 Å². The first-order chi connectivity index (χ1) is 9.61.